The van der Waals surface area contributed by atoms with Gasteiger partial charge in [0, 0.05) is 31.3 Å². The summed E-state index contributed by atoms with van der Waals surface area (Å²) < 4.78 is 55.0. The highest BCUT2D eigenvalue weighted by Gasteiger charge is 2.32. The molecule has 0 amide bonds. The predicted octanol–water partition coefficient (Wildman–Crippen LogP) is 1.74. The first kappa shape index (κ1) is 18.3. The first-order chi connectivity index (χ1) is 10.6. The molecular weight excluding hydrogens is 326 g/mol. The van der Waals surface area contributed by atoms with Crippen molar-refractivity contribution in [3.63, 3.8) is 0 Å². The summed E-state index contributed by atoms with van der Waals surface area (Å²) in [7, 11) is -3.75. The van der Waals surface area contributed by atoms with Gasteiger partial charge in [-0.3, -0.25) is 0 Å². The second kappa shape index (κ2) is 6.80. The third-order valence-electron chi connectivity index (χ3n) is 4.07. The number of piperidine rings is 1. The van der Waals surface area contributed by atoms with Crippen molar-refractivity contribution in [1.82, 2.24) is 9.03 Å². The molecule has 0 aromatic heterocycles. The van der Waals surface area contributed by atoms with Gasteiger partial charge in [0.15, 0.2) is 0 Å². The van der Waals surface area contributed by atoms with Gasteiger partial charge in [-0.15, -0.1) is 0 Å². The minimum atomic E-state index is -3.75. The SMILES string of the molecule is CC1CCCN(S(=O)(=O)NCC(C)(O)c2ccc(F)cc2F)C1. The van der Waals surface area contributed by atoms with Gasteiger partial charge >= 0.3 is 0 Å². The highest BCUT2D eigenvalue weighted by atomic mass is 32.2. The Balaban J connectivity index is 2.08. The molecule has 1 heterocycles. The third kappa shape index (κ3) is 4.47. The fraction of sp³-hybridized carbons (Fsp3) is 0.600. The van der Waals surface area contributed by atoms with E-state index in [1.807, 2.05) is 6.92 Å². The Hall–Kier alpha value is -1.09. The van der Waals surface area contributed by atoms with E-state index in [4.69, 9.17) is 0 Å². The average molecular weight is 348 g/mol. The number of benzene rings is 1. The molecule has 2 N–H and O–H groups in total. The monoisotopic (exact) mass is 348 g/mol. The van der Waals surface area contributed by atoms with Gasteiger partial charge in [-0.2, -0.15) is 17.4 Å². The Morgan fingerprint density at radius 2 is 2.13 bits per heavy atom. The molecule has 1 fully saturated rings. The number of hydrogen-bond donors (Lipinski definition) is 2. The van der Waals surface area contributed by atoms with Crippen LogP contribution in [0.5, 0.6) is 0 Å². The maximum Gasteiger partial charge on any atom is 0.279 e. The van der Waals surface area contributed by atoms with Crippen molar-refractivity contribution in [3.05, 3.63) is 35.4 Å². The molecule has 0 spiro atoms. The molecule has 1 aromatic rings. The molecule has 2 unspecified atom stereocenters. The number of hydrogen-bond acceptors (Lipinski definition) is 3. The average Bonchev–Trinajstić information content (AvgIpc) is 2.45. The molecule has 130 valence electrons. The fourth-order valence-corrected chi connectivity index (χ4v) is 4.18. The van der Waals surface area contributed by atoms with Crippen molar-refractivity contribution >= 4 is 10.2 Å². The summed E-state index contributed by atoms with van der Waals surface area (Å²) in [4.78, 5) is 0. The van der Waals surface area contributed by atoms with Crippen LogP contribution in [0, 0.1) is 17.6 Å². The smallest absolute Gasteiger partial charge is 0.279 e. The Bertz CT molecular complexity index is 665. The van der Waals surface area contributed by atoms with E-state index in [1.165, 1.54) is 11.2 Å². The summed E-state index contributed by atoms with van der Waals surface area (Å²) >= 11 is 0. The minimum Gasteiger partial charge on any atom is -0.384 e. The van der Waals surface area contributed by atoms with Crippen molar-refractivity contribution in [2.45, 2.75) is 32.3 Å². The van der Waals surface area contributed by atoms with Crippen LogP contribution < -0.4 is 4.72 Å². The van der Waals surface area contributed by atoms with E-state index in [9.17, 15) is 22.3 Å². The second-order valence-corrected chi connectivity index (χ2v) is 8.08. The van der Waals surface area contributed by atoms with Crippen LogP contribution in [0.3, 0.4) is 0 Å². The van der Waals surface area contributed by atoms with Gasteiger partial charge in [0.1, 0.15) is 17.2 Å². The standard InChI is InChI=1S/C15H22F2N2O3S/c1-11-4-3-7-19(9-11)23(21,22)18-10-15(2,20)13-6-5-12(16)8-14(13)17/h5-6,8,11,18,20H,3-4,7,9-10H2,1-2H3. The minimum absolute atomic E-state index is 0.159. The summed E-state index contributed by atoms with van der Waals surface area (Å²) in [5.41, 5.74) is -1.94. The molecular formula is C15H22F2N2O3S. The highest BCUT2D eigenvalue weighted by molar-refractivity contribution is 7.87. The zero-order chi connectivity index (χ0) is 17.3. The summed E-state index contributed by atoms with van der Waals surface area (Å²) in [5, 5.41) is 10.4. The first-order valence-electron chi connectivity index (χ1n) is 7.54. The molecule has 0 radical (unpaired) electrons. The van der Waals surface area contributed by atoms with E-state index >= 15 is 0 Å². The summed E-state index contributed by atoms with van der Waals surface area (Å²) in [6, 6.07) is 2.79. The quantitative estimate of drug-likeness (QED) is 0.852. The molecule has 2 rings (SSSR count). The lowest BCUT2D eigenvalue weighted by molar-refractivity contribution is 0.0582. The van der Waals surface area contributed by atoms with Crippen molar-refractivity contribution in [1.29, 1.82) is 0 Å². The summed E-state index contributed by atoms with van der Waals surface area (Å²) in [6.45, 7) is 3.70. The number of nitrogens with zero attached hydrogens (tertiary/aromatic N) is 1. The van der Waals surface area contributed by atoms with Gasteiger partial charge in [-0.1, -0.05) is 13.0 Å². The zero-order valence-corrected chi connectivity index (χ0v) is 14.0. The highest BCUT2D eigenvalue weighted by Crippen LogP contribution is 2.24. The molecule has 1 saturated heterocycles. The predicted molar refractivity (Wildman–Crippen MR) is 82.8 cm³/mol. The first-order valence-corrected chi connectivity index (χ1v) is 8.98. The van der Waals surface area contributed by atoms with Crippen LogP contribution in [0.2, 0.25) is 0 Å². The van der Waals surface area contributed by atoms with Gasteiger partial charge in [0.25, 0.3) is 10.2 Å². The van der Waals surface area contributed by atoms with E-state index in [0.29, 0.717) is 19.2 Å². The Kier molecular flexibility index (Phi) is 5.40. The lowest BCUT2D eigenvalue weighted by atomic mass is 9.96. The topological polar surface area (TPSA) is 69.6 Å². The Morgan fingerprint density at radius 3 is 2.74 bits per heavy atom. The van der Waals surface area contributed by atoms with Gasteiger partial charge in [0.05, 0.1) is 0 Å². The molecule has 5 nitrogen and oxygen atoms in total. The lowest BCUT2D eigenvalue weighted by Crippen LogP contribution is -2.49. The van der Waals surface area contributed by atoms with Crippen molar-refractivity contribution in [2.24, 2.45) is 5.92 Å². The van der Waals surface area contributed by atoms with E-state index in [0.717, 1.165) is 25.0 Å². The van der Waals surface area contributed by atoms with E-state index in [2.05, 4.69) is 4.72 Å². The van der Waals surface area contributed by atoms with Crippen molar-refractivity contribution in [2.75, 3.05) is 19.6 Å². The van der Waals surface area contributed by atoms with Crippen LogP contribution in [-0.2, 0) is 15.8 Å². The normalized spacial score (nSPS) is 22.7. The molecule has 23 heavy (non-hydrogen) atoms. The lowest BCUT2D eigenvalue weighted by Gasteiger charge is -2.31. The largest absolute Gasteiger partial charge is 0.384 e. The summed E-state index contributed by atoms with van der Waals surface area (Å²) in [6.07, 6.45) is 1.76. The van der Waals surface area contributed by atoms with Gasteiger partial charge in [-0.25, -0.2) is 8.78 Å². The van der Waals surface area contributed by atoms with Crippen LogP contribution in [0.1, 0.15) is 32.3 Å². The zero-order valence-electron chi connectivity index (χ0n) is 13.2. The molecule has 0 saturated carbocycles. The molecule has 1 aromatic carbocycles. The Morgan fingerprint density at radius 1 is 1.43 bits per heavy atom. The van der Waals surface area contributed by atoms with Crippen LogP contribution >= 0.6 is 0 Å². The van der Waals surface area contributed by atoms with Crippen LogP contribution in [-0.4, -0.2) is 37.5 Å². The molecule has 1 aliphatic heterocycles. The van der Waals surface area contributed by atoms with E-state index in [-0.39, 0.29) is 11.5 Å². The van der Waals surface area contributed by atoms with Crippen LogP contribution in [0.25, 0.3) is 0 Å². The molecule has 0 bridgehead atoms. The molecule has 8 heteroatoms. The maximum atomic E-state index is 13.8. The fourth-order valence-electron chi connectivity index (χ4n) is 2.71. The van der Waals surface area contributed by atoms with E-state index < -0.39 is 34.0 Å². The maximum absolute atomic E-state index is 13.8. The Labute approximate surface area is 135 Å². The van der Waals surface area contributed by atoms with Crippen molar-refractivity contribution < 1.29 is 22.3 Å². The van der Waals surface area contributed by atoms with Crippen molar-refractivity contribution in [3.8, 4) is 0 Å². The molecule has 0 aliphatic carbocycles. The third-order valence-corrected chi connectivity index (χ3v) is 5.59. The number of rotatable bonds is 5. The summed E-state index contributed by atoms with van der Waals surface area (Å²) in [5.74, 6) is -1.40. The van der Waals surface area contributed by atoms with Gasteiger partial charge < -0.3 is 5.11 Å². The second-order valence-electron chi connectivity index (χ2n) is 6.33. The number of halogens is 2. The molecule has 2 atom stereocenters. The number of aliphatic hydroxyl groups is 1. The van der Waals surface area contributed by atoms with Gasteiger partial charge in [-0.05, 0) is 31.7 Å². The van der Waals surface area contributed by atoms with Crippen LogP contribution in [0.15, 0.2) is 18.2 Å². The van der Waals surface area contributed by atoms with E-state index in [1.54, 1.807) is 0 Å². The van der Waals surface area contributed by atoms with Crippen LogP contribution in [0.4, 0.5) is 8.78 Å². The van der Waals surface area contributed by atoms with Gasteiger partial charge in [0.2, 0.25) is 0 Å². The number of nitrogens with one attached hydrogen (secondary N) is 1. The molecule has 1 aliphatic rings.